The van der Waals surface area contributed by atoms with Gasteiger partial charge in [0.15, 0.2) is 15.8 Å². The first-order valence-electron chi connectivity index (χ1n) is 9.04. The number of hydrogen-bond acceptors (Lipinski definition) is 4. The topological polar surface area (TPSA) is 79.8 Å². The molecule has 1 saturated heterocycles. The number of ether oxygens (including phenoxy) is 1. The molecule has 2 N–H and O–H groups in total. The van der Waals surface area contributed by atoms with Gasteiger partial charge >= 0.3 is 0 Å². The van der Waals surface area contributed by atoms with Crippen molar-refractivity contribution in [2.24, 2.45) is 10.9 Å². The second-order valence-electron chi connectivity index (χ2n) is 6.76. The zero-order chi connectivity index (χ0) is 17.7. The number of benzene rings is 1. The summed E-state index contributed by atoms with van der Waals surface area (Å²) in [4.78, 5) is 4.66. The monoisotopic (exact) mass is 493 g/mol. The number of para-hydroxylation sites is 1. The Balaban J connectivity index is 0.00000243. The maximum atomic E-state index is 11.6. The molecule has 0 radical (unpaired) electrons. The number of fused-ring (bicyclic) bond motifs is 1. The third kappa shape index (κ3) is 5.73. The van der Waals surface area contributed by atoms with Crippen LogP contribution in [0.15, 0.2) is 29.3 Å². The highest BCUT2D eigenvalue weighted by atomic mass is 127. The lowest BCUT2D eigenvalue weighted by molar-refractivity contribution is 0.261. The lowest BCUT2D eigenvalue weighted by Gasteiger charge is -2.28. The van der Waals surface area contributed by atoms with Crippen molar-refractivity contribution in [1.29, 1.82) is 0 Å². The summed E-state index contributed by atoms with van der Waals surface area (Å²) in [5.74, 6) is 2.37. The minimum Gasteiger partial charge on any atom is -0.493 e. The van der Waals surface area contributed by atoms with Crippen LogP contribution in [0.3, 0.4) is 0 Å². The maximum Gasteiger partial charge on any atom is 0.191 e. The van der Waals surface area contributed by atoms with E-state index in [-0.39, 0.29) is 41.7 Å². The molecular formula is C18H28IN3O3S. The molecule has 1 fully saturated rings. The van der Waals surface area contributed by atoms with Crippen molar-refractivity contribution in [3.63, 3.8) is 0 Å². The largest absolute Gasteiger partial charge is 0.493 e. The molecule has 2 atom stereocenters. The Hall–Kier alpha value is -1.03. The number of rotatable bonds is 5. The summed E-state index contributed by atoms with van der Waals surface area (Å²) in [6.07, 6.45) is 2.59. The van der Waals surface area contributed by atoms with Gasteiger partial charge < -0.3 is 15.4 Å². The molecule has 6 nitrogen and oxygen atoms in total. The van der Waals surface area contributed by atoms with E-state index in [1.165, 1.54) is 0 Å². The number of sulfone groups is 1. The SMILES string of the molecule is CCCNC(=NCC1CCS(=O)(=O)C1)NC1CCOc2ccccc21.I. The number of aliphatic imine (C=N–C) groups is 1. The second-order valence-corrected chi connectivity index (χ2v) is 8.99. The summed E-state index contributed by atoms with van der Waals surface area (Å²) in [6, 6.07) is 8.21. The van der Waals surface area contributed by atoms with Crippen molar-refractivity contribution in [2.45, 2.75) is 32.2 Å². The fourth-order valence-corrected chi connectivity index (χ4v) is 5.14. The van der Waals surface area contributed by atoms with Crippen LogP contribution in [0.2, 0.25) is 0 Å². The van der Waals surface area contributed by atoms with Crippen LogP contribution in [0, 0.1) is 5.92 Å². The van der Waals surface area contributed by atoms with E-state index in [4.69, 9.17) is 4.74 Å². The second kappa shape index (κ2) is 9.77. The van der Waals surface area contributed by atoms with E-state index in [2.05, 4.69) is 28.6 Å². The van der Waals surface area contributed by atoms with E-state index in [1.807, 2.05) is 18.2 Å². The highest BCUT2D eigenvalue weighted by Crippen LogP contribution is 2.31. The van der Waals surface area contributed by atoms with E-state index in [9.17, 15) is 8.42 Å². The van der Waals surface area contributed by atoms with Crippen molar-refractivity contribution in [3.8, 4) is 5.75 Å². The van der Waals surface area contributed by atoms with E-state index >= 15 is 0 Å². The molecule has 0 aromatic heterocycles. The molecular weight excluding hydrogens is 465 g/mol. The van der Waals surface area contributed by atoms with Crippen LogP contribution in [-0.4, -0.2) is 45.6 Å². The van der Waals surface area contributed by atoms with E-state index < -0.39 is 9.84 Å². The standard InChI is InChI=1S/C18H27N3O3S.HI/c1-2-9-19-18(20-12-14-8-11-25(22,23)13-14)21-16-7-10-24-17-6-4-3-5-15(16)17;/h3-6,14,16H,2,7-13H2,1H3,(H2,19,20,21);1H. The molecule has 2 heterocycles. The Morgan fingerprint density at radius 3 is 2.85 bits per heavy atom. The van der Waals surface area contributed by atoms with Gasteiger partial charge in [-0.25, -0.2) is 8.42 Å². The van der Waals surface area contributed by atoms with Crippen molar-refractivity contribution in [3.05, 3.63) is 29.8 Å². The molecule has 3 rings (SSSR count). The molecule has 1 aromatic carbocycles. The fourth-order valence-electron chi connectivity index (χ4n) is 3.29. The summed E-state index contributed by atoms with van der Waals surface area (Å²) in [7, 11) is -2.85. The number of halogens is 1. The molecule has 2 aliphatic rings. The predicted molar refractivity (Wildman–Crippen MR) is 115 cm³/mol. The van der Waals surface area contributed by atoms with Gasteiger partial charge in [0.05, 0.1) is 24.2 Å². The van der Waals surface area contributed by atoms with Gasteiger partial charge in [0.1, 0.15) is 5.75 Å². The molecule has 0 amide bonds. The van der Waals surface area contributed by atoms with E-state index in [0.717, 1.165) is 36.7 Å². The Kier molecular flexibility index (Phi) is 8.00. The minimum atomic E-state index is -2.85. The minimum absolute atomic E-state index is 0. The molecule has 1 aromatic rings. The van der Waals surface area contributed by atoms with Crippen molar-refractivity contribution in [1.82, 2.24) is 10.6 Å². The lowest BCUT2D eigenvalue weighted by atomic mass is 10.0. The van der Waals surface area contributed by atoms with Crippen LogP contribution in [0.1, 0.15) is 37.8 Å². The molecule has 0 spiro atoms. The first kappa shape index (κ1) is 21.3. The summed E-state index contributed by atoms with van der Waals surface area (Å²) in [5.41, 5.74) is 1.14. The predicted octanol–water partition coefficient (Wildman–Crippen LogP) is 2.51. The molecule has 2 aliphatic heterocycles. The first-order valence-corrected chi connectivity index (χ1v) is 10.9. The number of nitrogens with one attached hydrogen (secondary N) is 2. The van der Waals surface area contributed by atoms with Gasteiger partial charge in [-0.2, -0.15) is 0 Å². The number of nitrogens with zero attached hydrogens (tertiary/aromatic N) is 1. The van der Waals surface area contributed by atoms with E-state index in [0.29, 0.717) is 25.3 Å². The smallest absolute Gasteiger partial charge is 0.191 e. The zero-order valence-corrected chi connectivity index (χ0v) is 18.3. The zero-order valence-electron chi connectivity index (χ0n) is 15.1. The van der Waals surface area contributed by atoms with Gasteiger partial charge in [0.2, 0.25) is 0 Å². The normalized spacial score (nSPS) is 24.1. The van der Waals surface area contributed by atoms with Crippen LogP contribution in [0.5, 0.6) is 5.75 Å². The average molecular weight is 493 g/mol. The van der Waals surface area contributed by atoms with Gasteiger partial charge in [-0.15, -0.1) is 24.0 Å². The van der Waals surface area contributed by atoms with Crippen molar-refractivity contribution in [2.75, 3.05) is 31.2 Å². The maximum absolute atomic E-state index is 11.6. The van der Waals surface area contributed by atoms with Gasteiger partial charge in [-0.3, -0.25) is 4.99 Å². The van der Waals surface area contributed by atoms with Crippen LogP contribution < -0.4 is 15.4 Å². The Morgan fingerprint density at radius 1 is 1.31 bits per heavy atom. The van der Waals surface area contributed by atoms with Gasteiger partial charge in [0, 0.05) is 25.1 Å². The van der Waals surface area contributed by atoms with Crippen LogP contribution in [0.25, 0.3) is 0 Å². The van der Waals surface area contributed by atoms with Gasteiger partial charge in [-0.05, 0) is 24.8 Å². The summed E-state index contributed by atoms with van der Waals surface area (Å²) >= 11 is 0. The summed E-state index contributed by atoms with van der Waals surface area (Å²) < 4.78 is 29.0. The van der Waals surface area contributed by atoms with Crippen LogP contribution in [-0.2, 0) is 9.84 Å². The number of hydrogen-bond donors (Lipinski definition) is 2. The summed E-state index contributed by atoms with van der Waals surface area (Å²) in [5, 5.41) is 6.84. The third-order valence-electron chi connectivity index (χ3n) is 4.65. The Labute approximate surface area is 173 Å². The summed E-state index contributed by atoms with van der Waals surface area (Å²) in [6.45, 7) is 4.16. The first-order chi connectivity index (χ1) is 12.1. The van der Waals surface area contributed by atoms with Crippen molar-refractivity contribution < 1.29 is 13.2 Å². The van der Waals surface area contributed by atoms with E-state index in [1.54, 1.807) is 0 Å². The quantitative estimate of drug-likeness (QED) is 0.375. The van der Waals surface area contributed by atoms with Gasteiger partial charge in [0.25, 0.3) is 0 Å². The van der Waals surface area contributed by atoms with Crippen LogP contribution in [0.4, 0.5) is 0 Å². The van der Waals surface area contributed by atoms with Crippen LogP contribution >= 0.6 is 24.0 Å². The fraction of sp³-hybridized carbons (Fsp3) is 0.611. The number of guanidine groups is 1. The molecule has 2 unspecified atom stereocenters. The Morgan fingerprint density at radius 2 is 2.12 bits per heavy atom. The highest BCUT2D eigenvalue weighted by molar-refractivity contribution is 14.0. The van der Waals surface area contributed by atoms with Crippen molar-refractivity contribution >= 4 is 39.8 Å². The molecule has 146 valence electrons. The highest BCUT2D eigenvalue weighted by Gasteiger charge is 2.28. The average Bonchev–Trinajstić information content (AvgIpc) is 2.96. The third-order valence-corrected chi connectivity index (χ3v) is 6.48. The molecule has 0 bridgehead atoms. The molecule has 0 aliphatic carbocycles. The Bertz CT molecular complexity index is 724. The molecule has 8 heteroatoms. The molecule has 0 saturated carbocycles. The lowest BCUT2D eigenvalue weighted by Crippen LogP contribution is -2.41. The molecule has 26 heavy (non-hydrogen) atoms. The van der Waals surface area contributed by atoms with Gasteiger partial charge in [-0.1, -0.05) is 25.1 Å².